The number of carboxylic acids is 1. The lowest BCUT2D eigenvalue weighted by Crippen LogP contribution is -2.30. The molecule has 2 N–H and O–H groups in total. The van der Waals surface area contributed by atoms with Crippen LogP contribution in [-0.4, -0.2) is 27.9 Å². The van der Waals surface area contributed by atoms with Crippen molar-refractivity contribution in [2.75, 3.05) is 0 Å². The number of carbonyl (C=O) groups excluding carboxylic acids is 2. The molecule has 0 bridgehead atoms. The Balaban J connectivity index is 1.49. The van der Waals surface area contributed by atoms with Crippen molar-refractivity contribution >= 4 is 47.2 Å². The molecule has 4 rings (SSSR count). The number of aromatic carboxylic acids is 1. The van der Waals surface area contributed by atoms with Gasteiger partial charge in [-0.05, 0) is 47.5 Å². The number of hydrogen-bond donors (Lipinski definition) is 2. The topological polar surface area (TPSA) is 95.9 Å². The number of nitrogens with one attached hydrogen (secondary N) is 1. The fraction of sp³-hybridized carbons (Fsp3) is 0.0800. The minimum atomic E-state index is -0.999. The van der Waals surface area contributed by atoms with E-state index in [1.807, 2.05) is 0 Å². The fourth-order valence-corrected chi connectivity index (χ4v) is 3.65. The first kappa shape index (κ1) is 23.4. The van der Waals surface area contributed by atoms with Crippen molar-refractivity contribution < 1.29 is 24.2 Å². The predicted molar refractivity (Wildman–Crippen MR) is 128 cm³/mol. The van der Waals surface area contributed by atoms with Gasteiger partial charge in [0, 0.05) is 5.56 Å². The van der Waals surface area contributed by atoms with Gasteiger partial charge in [0.15, 0.2) is 0 Å². The number of rotatable bonds is 7. The molecule has 0 aliphatic carbocycles. The van der Waals surface area contributed by atoms with Crippen LogP contribution in [0.15, 0.2) is 72.4 Å². The Morgan fingerprint density at radius 1 is 0.971 bits per heavy atom. The van der Waals surface area contributed by atoms with Crippen LogP contribution < -0.4 is 10.1 Å². The van der Waals surface area contributed by atoms with E-state index in [0.29, 0.717) is 26.9 Å². The molecule has 0 saturated carbocycles. The van der Waals surface area contributed by atoms with Gasteiger partial charge >= 0.3 is 12.0 Å². The van der Waals surface area contributed by atoms with Gasteiger partial charge in [0.1, 0.15) is 18.1 Å². The van der Waals surface area contributed by atoms with E-state index in [0.717, 1.165) is 10.5 Å². The summed E-state index contributed by atoms with van der Waals surface area (Å²) in [5.41, 5.74) is 2.36. The SMILES string of the molecule is O=C(O)c1ccc(COc2ccccc2/C=C2\NC(=O)N(Cc3ccc(Cl)c(Cl)c3)C2=O)cc1. The van der Waals surface area contributed by atoms with Gasteiger partial charge in [-0.3, -0.25) is 9.69 Å². The molecule has 3 amide bonds. The highest BCUT2D eigenvalue weighted by Crippen LogP contribution is 2.26. The number of amides is 3. The van der Waals surface area contributed by atoms with Gasteiger partial charge in [0.2, 0.25) is 0 Å². The zero-order chi connectivity index (χ0) is 24.2. The highest BCUT2D eigenvalue weighted by molar-refractivity contribution is 6.42. The lowest BCUT2D eigenvalue weighted by Gasteiger charge is -2.12. The van der Waals surface area contributed by atoms with E-state index >= 15 is 0 Å². The van der Waals surface area contributed by atoms with Crippen LogP contribution in [0.1, 0.15) is 27.0 Å². The van der Waals surface area contributed by atoms with Crippen molar-refractivity contribution in [3.63, 3.8) is 0 Å². The summed E-state index contributed by atoms with van der Waals surface area (Å²) in [6, 6.07) is 17.8. The second kappa shape index (κ2) is 9.99. The van der Waals surface area contributed by atoms with Crippen molar-refractivity contribution in [3.8, 4) is 5.75 Å². The molecule has 0 unspecified atom stereocenters. The molecule has 1 aliphatic rings. The molecule has 0 aromatic heterocycles. The van der Waals surface area contributed by atoms with Crippen molar-refractivity contribution in [2.24, 2.45) is 0 Å². The molecule has 3 aromatic carbocycles. The van der Waals surface area contributed by atoms with Crippen LogP contribution >= 0.6 is 23.2 Å². The number of urea groups is 1. The number of imide groups is 1. The molecular formula is C25H18Cl2N2O5. The largest absolute Gasteiger partial charge is 0.488 e. The van der Waals surface area contributed by atoms with Crippen LogP contribution in [0.4, 0.5) is 4.79 Å². The number of carboxylic acid groups (broad SMARTS) is 1. The van der Waals surface area contributed by atoms with Gasteiger partial charge < -0.3 is 15.2 Å². The number of hydrogen-bond acceptors (Lipinski definition) is 4. The van der Waals surface area contributed by atoms with E-state index < -0.39 is 17.9 Å². The Morgan fingerprint density at radius 2 is 1.68 bits per heavy atom. The third kappa shape index (κ3) is 5.22. The van der Waals surface area contributed by atoms with Crippen LogP contribution in [0, 0.1) is 0 Å². The molecule has 7 nitrogen and oxygen atoms in total. The first-order valence-electron chi connectivity index (χ1n) is 10.1. The molecule has 1 fully saturated rings. The molecule has 0 spiro atoms. The van der Waals surface area contributed by atoms with Gasteiger partial charge in [-0.15, -0.1) is 0 Å². The van der Waals surface area contributed by atoms with Crippen LogP contribution in [0.3, 0.4) is 0 Å². The van der Waals surface area contributed by atoms with E-state index in [-0.39, 0.29) is 24.4 Å². The summed E-state index contributed by atoms with van der Waals surface area (Å²) in [5, 5.41) is 12.3. The standard InChI is InChI=1S/C25H18Cl2N2O5/c26-19-10-7-16(11-20(19)27)13-29-23(30)21(28-25(29)33)12-18-3-1-2-4-22(18)34-14-15-5-8-17(9-6-15)24(31)32/h1-12H,13-14H2,(H,28,33)(H,31,32)/b21-12-. The first-order valence-corrected chi connectivity index (χ1v) is 10.9. The smallest absolute Gasteiger partial charge is 0.335 e. The summed E-state index contributed by atoms with van der Waals surface area (Å²) in [5.74, 6) is -0.974. The molecule has 1 aliphatic heterocycles. The summed E-state index contributed by atoms with van der Waals surface area (Å²) in [6.45, 7) is 0.243. The molecule has 172 valence electrons. The number of benzene rings is 3. The minimum Gasteiger partial charge on any atom is -0.488 e. The Bertz CT molecular complexity index is 1300. The van der Waals surface area contributed by atoms with Gasteiger partial charge in [-0.2, -0.15) is 0 Å². The van der Waals surface area contributed by atoms with E-state index in [1.54, 1.807) is 60.7 Å². The van der Waals surface area contributed by atoms with E-state index in [4.69, 9.17) is 33.0 Å². The maximum atomic E-state index is 12.9. The summed E-state index contributed by atoms with van der Waals surface area (Å²) in [4.78, 5) is 37.4. The molecule has 3 aromatic rings. The van der Waals surface area contributed by atoms with E-state index in [2.05, 4.69) is 5.32 Å². The monoisotopic (exact) mass is 496 g/mol. The van der Waals surface area contributed by atoms with E-state index in [9.17, 15) is 14.4 Å². The van der Waals surface area contributed by atoms with Gasteiger partial charge in [0.25, 0.3) is 5.91 Å². The number of halogens is 2. The van der Waals surface area contributed by atoms with Gasteiger partial charge in [-0.25, -0.2) is 9.59 Å². The third-order valence-corrected chi connectivity index (χ3v) is 5.84. The lowest BCUT2D eigenvalue weighted by molar-refractivity contribution is -0.123. The quantitative estimate of drug-likeness (QED) is 0.338. The summed E-state index contributed by atoms with van der Waals surface area (Å²) >= 11 is 12.0. The normalized spacial score (nSPS) is 14.4. The number of ether oxygens (including phenoxy) is 1. The molecule has 0 radical (unpaired) electrons. The third-order valence-electron chi connectivity index (χ3n) is 5.10. The van der Waals surface area contributed by atoms with Crippen LogP contribution in [0.2, 0.25) is 10.0 Å². The second-order valence-electron chi connectivity index (χ2n) is 7.46. The molecule has 34 heavy (non-hydrogen) atoms. The molecule has 1 heterocycles. The Labute approximate surface area is 205 Å². The lowest BCUT2D eigenvalue weighted by atomic mass is 10.1. The Hall–Kier alpha value is -3.81. The summed E-state index contributed by atoms with van der Waals surface area (Å²) in [6.07, 6.45) is 1.55. The molecule has 1 saturated heterocycles. The van der Waals surface area contributed by atoms with Crippen molar-refractivity contribution in [3.05, 3.63) is 105 Å². The van der Waals surface area contributed by atoms with Gasteiger partial charge in [-0.1, -0.05) is 59.6 Å². The van der Waals surface area contributed by atoms with E-state index in [1.165, 1.54) is 12.1 Å². The van der Waals surface area contributed by atoms with Crippen molar-refractivity contribution in [2.45, 2.75) is 13.2 Å². The molecule has 9 heteroatoms. The Kier molecular flexibility index (Phi) is 6.86. The maximum absolute atomic E-state index is 12.9. The van der Waals surface area contributed by atoms with Crippen LogP contribution in [0.5, 0.6) is 5.75 Å². The first-order chi connectivity index (χ1) is 16.3. The van der Waals surface area contributed by atoms with Crippen molar-refractivity contribution in [1.29, 1.82) is 0 Å². The second-order valence-corrected chi connectivity index (χ2v) is 8.27. The average Bonchev–Trinajstić information content (AvgIpc) is 3.08. The number of carbonyl (C=O) groups is 3. The minimum absolute atomic E-state index is 0.0450. The summed E-state index contributed by atoms with van der Waals surface area (Å²) < 4.78 is 5.89. The van der Waals surface area contributed by atoms with Gasteiger partial charge in [0.05, 0.1) is 22.2 Å². The number of nitrogens with zero attached hydrogens (tertiary/aromatic N) is 1. The average molecular weight is 497 g/mol. The molecular weight excluding hydrogens is 479 g/mol. The van der Waals surface area contributed by atoms with Crippen LogP contribution in [0.25, 0.3) is 6.08 Å². The molecule has 0 atom stereocenters. The Morgan fingerprint density at radius 3 is 2.38 bits per heavy atom. The highest BCUT2D eigenvalue weighted by Gasteiger charge is 2.33. The predicted octanol–water partition coefficient (Wildman–Crippen LogP) is 5.36. The highest BCUT2D eigenvalue weighted by atomic mass is 35.5. The zero-order valence-corrected chi connectivity index (χ0v) is 19.1. The number of para-hydroxylation sites is 1. The maximum Gasteiger partial charge on any atom is 0.335 e. The summed E-state index contributed by atoms with van der Waals surface area (Å²) in [7, 11) is 0. The zero-order valence-electron chi connectivity index (χ0n) is 17.6. The van der Waals surface area contributed by atoms with Crippen molar-refractivity contribution in [1.82, 2.24) is 10.2 Å². The van der Waals surface area contributed by atoms with Crippen LogP contribution in [-0.2, 0) is 17.9 Å². The fourth-order valence-electron chi connectivity index (χ4n) is 3.33.